The van der Waals surface area contributed by atoms with Gasteiger partial charge in [-0.25, -0.2) is 8.78 Å². The van der Waals surface area contributed by atoms with E-state index in [9.17, 15) is 18.7 Å². The molecule has 1 aromatic rings. The quantitative estimate of drug-likeness (QED) is 0.921. The Morgan fingerprint density at radius 1 is 1.35 bits per heavy atom. The van der Waals surface area contributed by atoms with Crippen LogP contribution in [0.15, 0.2) is 18.2 Å². The molecular formula is C15H19F2NO2. The molecule has 1 N–H and O–H groups in total. The van der Waals surface area contributed by atoms with Crippen molar-refractivity contribution >= 4 is 5.91 Å². The third kappa shape index (κ3) is 4.00. The van der Waals surface area contributed by atoms with E-state index < -0.39 is 17.7 Å². The van der Waals surface area contributed by atoms with Crippen LogP contribution in [0.2, 0.25) is 0 Å². The first-order valence-corrected chi connectivity index (χ1v) is 6.96. The van der Waals surface area contributed by atoms with Crippen LogP contribution in [0.5, 0.6) is 0 Å². The van der Waals surface area contributed by atoms with E-state index in [0.29, 0.717) is 37.9 Å². The van der Waals surface area contributed by atoms with Gasteiger partial charge in [-0.1, -0.05) is 6.07 Å². The van der Waals surface area contributed by atoms with Crippen LogP contribution in [0, 0.1) is 11.6 Å². The van der Waals surface area contributed by atoms with E-state index in [1.54, 1.807) is 4.90 Å². The number of aryl methyl sites for hydroxylation is 1. The number of likely N-dealkylation sites (tertiary alicyclic amines) is 1. The van der Waals surface area contributed by atoms with Crippen LogP contribution >= 0.6 is 0 Å². The Morgan fingerprint density at radius 3 is 2.85 bits per heavy atom. The average Bonchev–Trinajstić information content (AvgIpc) is 2.42. The highest BCUT2D eigenvalue weighted by Crippen LogP contribution is 2.14. The number of nitrogens with zero attached hydrogens (tertiary/aromatic N) is 1. The van der Waals surface area contributed by atoms with Crippen molar-refractivity contribution in [3.8, 4) is 0 Å². The summed E-state index contributed by atoms with van der Waals surface area (Å²) in [5.41, 5.74) is 0.690. The monoisotopic (exact) mass is 283 g/mol. The Balaban J connectivity index is 1.77. The molecule has 110 valence electrons. The Labute approximate surface area is 117 Å². The zero-order valence-corrected chi connectivity index (χ0v) is 11.3. The van der Waals surface area contributed by atoms with Gasteiger partial charge in [-0.2, -0.15) is 0 Å². The van der Waals surface area contributed by atoms with E-state index in [-0.39, 0.29) is 5.91 Å². The topological polar surface area (TPSA) is 40.5 Å². The van der Waals surface area contributed by atoms with Crippen LogP contribution in [0.1, 0.15) is 31.2 Å². The van der Waals surface area contributed by atoms with Crippen molar-refractivity contribution < 1.29 is 18.7 Å². The second-order valence-electron chi connectivity index (χ2n) is 5.24. The van der Waals surface area contributed by atoms with Gasteiger partial charge in [0.15, 0.2) is 11.6 Å². The number of carbonyl (C=O) groups is 1. The molecule has 5 heteroatoms. The van der Waals surface area contributed by atoms with Gasteiger partial charge in [0.25, 0.3) is 0 Å². The molecule has 1 saturated heterocycles. The summed E-state index contributed by atoms with van der Waals surface area (Å²) in [5.74, 6) is -1.69. The Hall–Kier alpha value is -1.49. The minimum Gasteiger partial charge on any atom is -0.391 e. The number of aliphatic hydroxyl groups is 1. The van der Waals surface area contributed by atoms with Crippen LogP contribution in [-0.2, 0) is 11.2 Å². The molecule has 1 amide bonds. The molecule has 0 bridgehead atoms. The van der Waals surface area contributed by atoms with E-state index in [1.807, 2.05) is 0 Å². The lowest BCUT2D eigenvalue weighted by atomic mass is 10.1. The molecule has 20 heavy (non-hydrogen) atoms. The van der Waals surface area contributed by atoms with Crippen LogP contribution in [-0.4, -0.2) is 35.1 Å². The molecule has 3 nitrogen and oxygen atoms in total. The standard InChI is InChI=1S/C15H19F2NO2/c16-13-7-6-11(9-14(13)17)3-1-5-15(20)18-8-2-4-12(19)10-18/h6-7,9,12,19H,1-5,8,10H2. The number of aliphatic hydroxyl groups excluding tert-OH is 1. The lowest BCUT2D eigenvalue weighted by Crippen LogP contribution is -2.42. The fraction of sp³-hybridized carbons (Fsp3) is 0.533. The smallest absolute Gasteiger partial charge is 0.222 e. The first-order valence-electron chi connectivity index (χ1n) is 6.96. The molecule has 1 aliphatic heterocycles. The molecule has 0 spiro atoms. The Morgan fingerprint density at radius 2 is 2.15 bits per heavy atom. The van der Waals surface area contributed by atoms with E-state index >= 15 is 0 Å². The minimum absolute atomic E-state index is 0.0198. The SMILES string of the molecule is O=C(CCCc1ccc(F)c(F)c1)N1CCCC(O)C1. The van der Waals surface area contributed by atoms with Gasteiger partial charge in [0.1, 0.15) is 0 Å². The molecule has 2 rings (SSSR count). The molecule has 1 aromatic carbocycles. The number of β-amino-alcohol motifs (C(OH)–C–C–N with tert-alkyl or cyclic N) is 1. The number of rotatable bonds is 4. The van der Waals surface area contributed by atoms with E-state index in [4.69, 9.17) is 0 Å². The number of amides is 1. The Bertz CT molecular complexity index is 479. The van der Waals surface area contributed by atoms with Crippen LogP contribution < -0.4 is 0 Å². The number of hydrogen-bond acceptors (Lipinski definition) is 2. The lowest BCUT2D eigenvalue weighted by molar-refractivity contribution is -0.134. The second-order valence-corrected chi connectivity index (χ2v) is 5.24. The molecule has 0 saturated carbocycles. The first kappa shape index (κ1) is 14.9. The van der Waals surface area contributed by atoms with E-state index in [1.165, 1.54) is 12.1 Å². The number of carbonyl (C=O) groups excluding carboxylic acids is 1. The summed E-state index contributed by atoms with van der Waals surface area (Å²) < 4.78 is 25.8. The summed E-state index contributed by atoms with van der Waals surface area (Å²) in [4.78, 5) is 13.6. The maximum absolute atomic E-state index is 13.0. The van der Waals surface area contributed by atoms with Crippen LogP contribution in [0.25, 0.3) is 0 Å². The van der Waals surface area contributed by atoms with Crippen molar-refractivity contribution in [2.45, 2.75) is 38.2 Å². The Kier molecular flexibility index (Phi) is 5.06. The number of halogens is 2. The molecule has 1 unspecified atom stereocenters. The normalized spacial score (nSPS) is 19.1. The lowest BCUT2D eigenvalue weighted by Gasteiger charge is -2.30. The van der Waals surface area contributed by atoms with Crippen molar-refractivity contribution in [1.82, 2.24) is 4.90 Å². The van der Waals surface area contributed by atoms with Crippen molar-refractivity contribution in [3.05, 3.63) is 35.4 Å². The van der Waals surface area contributed by atoms with Gasteiger partial charge in [-0.3, -0.25) is 4.79 Å². The third-order valence-electron chi connectivity index (χ3n) is 3.59. The van der Waals surface area contributed by atoms with Gasteiger partial charge in [-0.05, 0) is 43.4 Å². The number of hydrogen-bond donors (Lipinski definition) is 1. The van der Waals surface area contributed by atoms with Crippen molar-refractivity contribution in [1.29, 1.82) is 0 Å². The largest absolute Gasteiger partial charge is 0.391 e. The molecule has 1 atom stereocenters. The van der Waals surface area contributed by atoms with Gasteiger partial charge < -0.3 is 10.0 Å². The summed E-state index contributed by atoms with van der Waals surface area (Å²) in [5, 5.41) is 9.52. The predicted octanol–water partition coefficient (Wildman–Crippen LogP) is 2.27. The van der Waals surface area contributed by atoms with Crippen LogP contribution in [0.4, 0.5) is 8.78 Å². The van der Waals surface area contributed by atoms with Gasteiger partial charge in [0.05, 0.1) is 6.10 Å². The number of piperidine rings is 1. The van der Waals surface area contributed by atoms with Gasteiger partial charge in [0, 0.05) is 19.5 Å². The summed E-state index contributed by atoms with van der Waals surface area (Å²) in [6.45, 7) is 1.10. The van der Waals surface area contributed by atoms with Crippen LogP contribution in [0.3, 0.4) is 0 Å². The fourth-order valence-corrected chi connectivity index (χ4v) is 2.48. The van der Waals surface area contributed by atoms with Crippen molar-refractivity contribution in [2.24, 2.45) is 0 Å². The average molecular weight is 283 g/mol. The third-order valence-corrected chi connectivity index (χ3v) is 3.59. The van der Waals surface area contributed by atoms with Crippen molar-refractivity contribution in [2.75, 3.05) is 13.1 Å². The van der Waals surface area contributed by atoms with E-state index in [2.05, 4.69) is 0 Å². The maximum Gasteiger partial charge on any atom is 0.222 e. The maximum atomic E-state index is 13.0. The summed E-state index contributed by atoms with van der Waals surface area (Å²) >= 11 is 0. The zero-order chi connectivity index (χ0) is 14.5. The molecular weight excluding hydrogens is 264 g/mol. The van der Waals surface area contributed by atoms with Gasteiger partial charge >= 0.3 is 0 Å². The molecule has 0 radical (unpaired) electrons. The molecule has 1 aliphatic rings. The predicted molar refractivity (Wildman–Crippen MR) is 71.1 cm³/mol. The fourth-order valence-electron chi connectivity index (χ4n) is 2.48. The van der Waals surface area contributed by atoms with E-state index in [0.717, 1.165) is 18.9 Å². The summed E-state index contributed by atoms with van der Waals surface area (Å²) in [6, 6.07) is 3.81. The first-order chi connectivity index (χ1) is 9.56. The second kappa shape index (κ2) is 6.79. The van der Waals surface area contributed by atoms with Gasteiger partial charge in [0.2, 0.25) is 5.91 Å². The highest BCUT2D eigenvalue weighted by Gasteiger charge is 2.21. The molecule has 0 aromatic heterocycles. The highest BCUT2D eigenvalue weighted by atomic mass is 19.2. The molecule has 1 fully saturated rings. The summed E-state index contributed by atoms with van der Waals surface area (Å²) in [6.07, 6.45) is 2.66. The van der Waals surface area contributed by atoms with Crippen molar-refractivity contribution in [3.63, 3.8) is 0 Å². The minimum atomic E-state index is -0.855. The highest BCUT2D eigenvalue weighted by molar-refractivity contribution is 5.76. The number of benzene rings is 1. The summed E-state index contributed by atoms with van der Waals surface area (Å²) in [7, 11) is 0. The molecule has 0 aliphatic carbocycles. The zero-order valence-electron chi connectivity index (χ0n) is 11.3. The van der Waals surface area contributed by atoms with Gasteiger partial charge in [-0.15, -0.1) is 0 Å². The molecule has 1 heterocycles.